The van der Waals surface area contributed by atoms with E-state index in [1.165, 1.54) is 14.2 Å². The van der Waals surface area contributed by atoms with Gasteiger partial charge in [0.15, 0.2) is 23.1 Å². The van der Waals surface area contributed by atoms with Crippen molar-refractivity contribution < 1.29 is 27.0 Å². The van der Waals surface area contributed by atoms with E-state index in [1.54, 1.807) is 13.8 Å². The van der Waals surface area contributed by atoms with E-state index in [0.29, 0.717) is 13.1 Å². The van der Waals surface area contributed by atoms with Gasteiger partial charge in [0.1, 0.15) is 11.6 Å². The molecule has 2 unspecified atom stereocenters. The SMILES string of the molecule is CCNC(c1c(F)ccc(OC)c1F)C(NCC)c1c(F)ccc(OC)c1F. The Balaban J connectivity index is 2.72. The number of hydrogen-bond donors (Lipinski definition) is 2. The Morgan fingerprint density at radius 3 is 1.36 bits per heavy atom. The summed E-state index contributed by atoms with van der Waals surface area (Å²) in [5.74, 6) is -3.89. The Morgan fingerprint density at radius 1 is 0.714 bits per heavy atom. The molecule has 0 saturated carbocycles. The van der Waals surface area contributed by atoms with E-state index in [2.05, 4.69) is 10.6 Å². The minimum absolute atomic E-state index is 0.166. The molecule has 0 heterocycles. The molecule has 0 radical (unpaired) electrons. The van der Waals surface area contributed by atoms with E-state index in [0.717, 1.165) is 24.3 Å². The lowest BCUT2D eigenvalue weighted by Gasteiger charge is -2.31. The van der Waals surface area contributed by atoms with E-state index in [-0.39, 0.29) is 22.6 Å². The van der Waals surface area contributed by atoms with Crippen LogP contribution in [-0.2, 0) is 0 Å². The van der Waals surface area contributed by atoms with Crippen molar-refractivity contribution in [2.75, 3.05) is 27.3 Å². The lowest BCUT2D eigenvalue weighted by Crippen LogP contribution is -2.37. The van der Waals surface area contributed by atoms with Gasteiger partial charge in [-0.25, -0.2) is 17.6 Å². The molecule has 0 aliphatic carbocycles. The molecule has 0 bridgehead atoms. The van der Waals surface area contributed by atoms with Crippen LogP contribution in [0.3, 0.4) is 0 Å². The largest absolute Gasteiger partial charge is 0.494 e. The summed E-state index contributed by atoms with van der Waals surface area (Å²) in [5, 5.41) is 5.87. The fourth-order valence-electron chi connectivity index (χ4n) is 3.20. The first kappa shape index (κ1) is 22.0. The second-order valence-corrected chi connectivity index (χ2v) is 6.03. The Morgan fingerprint density at radius 2 is 1.07 bits per heavy atom. The Kier molecular flexibility index (Phi) is 7.65. The van der Waals surface area contributed by atoms with Gasteiger partial charge in [-0.15, -0.1) is 0 Å². The van der Waals surface area contributed by atoms with E-state index in [4.69, 9.17) is 9.47 Å². The number of hydrogen-bond acceptors (Lipinski definition) is 4. The Hall–Kier alpha value is -2.32. The van der Waals surface area contributed by atoms with Crippen molar-refractivity contribution in [2.24, 2.45) is 0 Å². The van der Waals surface area contributed by atoms with Crippen LogP contribution in [0.4, 0.5) is 17.6 Å². The van der Waals surface area contributed by atoms with Crippen molar-refractivity contribution in [3.63, 3.8) is 0 Å². The number of rotatable bonds is 9. The molecule has 0 aliphatic rings. The van der Waals surface area contributed by atoms with Gasteiger partial charge in [0.25, 0.3) is 0 Å². The van der Waals surface area contributed by atoms with Crippen molar-refractivity contribution in [3.05, 3.63) is 58.7 Å². The van der Waals surface area contributed by atoms with Crippen LogP contribution in [0.5, 0.6) is 11.5 Å². The summed E-state index contributed by atoms with van der Waals surface area (Å²) in [4.78, 5) is 0. The molecule has 0 amide bonds. The van der Waals surface area contributed by atoms with Gasteiger partial charge in [0.05, 0.1) is 26.3 Å². The fourth-order valence-corrected chi connectivity index (χ4v) is 3.20. The van der Waals surface area contributed by atoms with Crippen molar-refractivity contribution in [2.45, 2.75) is 25.9 Å². The lowest BCUT2D eigenvalue weighted by molar-refractivity contribution is 0.329. The summed E-state index contributed by atoms with van der Waals surface area (Å²) in [7, 11) is 2.51. The van der Waals surface area contributed by atoms with Gasteiger partial charge in [-0.2, -0.15) is 0 Å². The molecule has 2 rings (SSSR count). The zero-order valence-corrected chi connectivity index (χ0v) is 16.2. The predicted molar refractivity (Wildman–Crippen MR) is 98.7 cm³/mol. The Bertz CT molecular complexity index is 750. The highest BCUT2D eigenvalue weighted by Crippen LogP contribution is 2.38. The molecule has 2 aromatic carbocycles. The normalized spacial score (nSPS) is 13.3. The van der Waals surface area contributed by atoms with Gasteiger partial charge < -0.3 is 20.1 Å². The molecule has 2 N–H and O–H groups in total. The summed E-state index contributed by atoms with van der Waals surface area (Å²) in [6.07, 6.45) is 0. The average Bonchev–Trinajstić information content (AvgIpc) is 2.67. The molecule has 0 aromatic heterocycles. The number of benzene rings is 2. The highest BCUT2D eigenvalue weighted by atomic mass is 19.1. The maximum atomic E-state index is 14.9. The van der Waals surface area contributed by atoms with Crippen molar-refractivity contribution in [3.8, 4) is 11.5 Å². The predicted octanol–water partition coefficient (Wildman–Crippen LogP) is 4.26. The fraction of sp³-hybridized carbons (Fsp3) is 0.400. The van der Waals surface area contributed by atoms with Gasteiger partial charge in [-0.05, 0) is 37.4 Å². The maximum absolute atomic E-state index is 14.9. The summed E-state index contributed by atoms with van der Waals surface area (Å²) in [6.45, 7) is 4.06. The summed E-state index contributed by atoms with van der Waals surface area (Å²) in [5.41, 5.74) is -0.734. The maximum Gasteiger partial charge on any atom is 0.172 e. The summed E-state index contributed by atoms with van der Waals surface area (Å²) >= 11 is 0. The molecule has 2 atom stereocenters. The molecule has 0 spiro atoms. The van der Waals surface area contributed by atoms with Gasteiger partial charge in [0.2, 0.25) is 0 Å². The van der Waals surface area contributed by atoms with E-state index >= 15 is 0 Å². The monoisotopic (exact) mass is 400 g/mol. The van der Waals surface area contributed by atoms with Crippen LogP contribution in [-0.4, -0.2) is 27.3 Å². The van der Waals surface area contributed by atoms with Crippen LogP contribution in [0, 0.1) is 23.3 Å². The first-order valence-corrected chi connectivity index (χ1v) is 8.91. The third-order valence-corrected chi connectivity index (χ3v) is 4.43. The lowest BCUT2D eigenvalue weighted by atomic mass is 9.91. The van der Waals surface area contributed by atoms with Crippen LogP contribution in [0.1, 0.15) is 37.1 Å². The zero-order valence-electron chi connectivity index (χ0n) is 16.2. The van der Waals surface area contributed by atoms with Crippen LogP contribution in [0.2, 0.25) is 0 Å². The van der Waals surface area contributed by atoms with Gasteiger partial charge >= 0.3 is 0 Å². The van der Waals surface area contributed by atoms with E-state index < -0.39 is 35.4 Å². The topological polar surface area (TPSA) is 42.5 Å². The molecular formula is C20H24F4N2O2. The zero-order chi connectivity index (χ0) is 20.8. The third-order valence-electron chi connectivity index (χ3n) is 4.43. The molecule has 4 nitrogen and oxygen atoms in total. The molecule has 154 valence electrons. The van der Waals surface area contributed by atoms with Crippen LogP contribution in [0.25, 0.3) is 0 Å². The van der Waals surface area contributed by atoms with Gasteiger partial charge in [-0.3, -0.25) is 0 Å². The first-order chi connectivity index (χ1) is 13.4. The number of methoxy groups -OCH3 is 2. The third kappa shape index (κ3) is 4.23. The molecular weight excluding hydrogens is 376 g/mol. The molecule has 0 aliphatic heterocycles. The average molecular weight is 400 g/mol. The molecule has 0 saturated heterocycles. The van der Waals surface area contributed by atoms with Gasteiger partial charge in [-0.1, -0.05) is 13.8 Å². The Labute approximate surface area is 161 Å². The van der Waals surface area contributed by atoms with E-state index in [1.807, 2.05) is 0 Å². The summed E-state index contributed by atoms with van der Waals surface area (Å²) in [6, 6.07) is 2.21. The first-order valence-electron chi connectivity index (χ1n) is 8.91. The number of halogens is 4. The molecule has 2 aromatic rings. The number of likely N-dealkylation sites (N-methyl/N-ethyl adjacent to an activating group) is 2. The number of nitrogens with one attached hydrogen (secondary N) is 2. The van der Waals surface area contributed by atoms with Crippen LogP contribution >= 0.6 is 0 Å². The second-order valence-electron chi connectivity index (χ2n) is 6.03. The van der Waals surface area contributed by atoms with Crippen LogP contribution < -0.4 is 20.1 Å². The summed E-state index contributed by atoms with van der Waals surface area (Å²) < 4.78 is 69.0. The molecule has 0 fully saturated rings. The minimum atomic E-state index is -1.11. The molecule has 8 heteroatoms. The van der Waals surface area contributed by atoms with E-state index in [9.17, 15) is 17.6 Å². The van der Waals surface area contributed by atoms with Crippen molar-refractivity contribution >= 4 is 0 Å². The minimum Gasteiger partial charge on any atom is -0.494 e. The molecule has 28 heavy (non-hydrogen) atoms. The standard InChI is InChI=1S/C20H24F4N2O2/c1-5-25-19(15-11(21)7-9-13(27-3)17(15)23)20(26-6-2)16-12(22)8-10-14(28-4)18(16)24/h7-10,19-20,25-26H,5-6H2,1-4H3. The second kappa shape index (κ2) is 9.75. The highest BCUT2D eigenvalue weighted by Gasteiger charge is 2.34. The quantitative estimate of drug-likeness (QED) is 0.618. The smallest absolute Gasteiger partial charge is 0.172 e. The van der Waals surface area contributed by atoms with Crippen molar-refractivity contribution in [1.29, 1.82) is 0 Å². The van der Waals surface area contributed by atoms with Gasteiger partial charge in [0, 0.05) is 11.1 Å². The van der Waals surface area contributed by atoms with Crippen LogP contribution in [0.15, 0.2) is 24.3 Å². The van der Waals surface area contributed by atoms with Crippen molar-refractivity contribution in [1.82, 2.24) is 10.6 Å². The highest BCUT2D eigenvalue weighted by molar-refractivity contribution is 5.40. The number of ether oxygens (including phenoxy) is 2.